The van der Waals surface area contributed by atoms with Gasteiger partial charge in [0.05, 0.1) is 11.0 Å². The molecule has 0 atom stereocenters. The molecule has 0 aliphatic heterocycles. The van der Waals surface area contributed by atoms with Crippen LogP contribution in [-0.2, 0) is 11.3 Å². The number of hydrogen-bond acceptors (Lipinski definition) is 4. The van der Waals surface area contributed by atoms with Crippen LogP contribution in [0.4, 0.5) is 11.6 Å². The van der Waals surface area contributed by atoms with Gasteiger partial charge in [-0.15, -0.1) is 0 Å². The largest absolute Gasteiger partial charge is 0.382 e. The van der Waals surface area contributed by atoms with E-state index in [1.807, 2.05) is 54.0 Å². The maximum atomic E-state index is 12.9. The van der Waals surface area contributed by atoms with Crippen LogP contribution in [0.2, 0.25) is 0 Å². The van der Waals surface area contributed by atoms with Crippen LogP contribution in [0.3, 0.4) is 0 Å². The third-order valence-electron chi connectivity index (χ3n) is 5.20. The van der Waals surface area contributed by atoms with E-state index in [9.17, 15) is 9.59 Å². The van der Waals surface area contributed by atoms with Gasteiger partial charge in [-0.3, -0.25) is 14.9 Å². The average molecular weight is 443 g/mol. The highest BCUT2D eigenvalue weighted by atomic mass is 16.5. The number of nitrogens with zero attached hydrogens (tertiary/aromatic N) is 2. The predicted octanol–water partition coefficient (Wildman–Crippen LogP) is 4.97. The van der Waals surface area contributed by atoms with Crippen molar-refractivity contribution in [3.8, 4) is 0 Å². The molecule has 2 N–H and O–H groups in total. The molecule has 0 aliphatic carbocycles. The molecule has 0 spiro atoms. The Labute approximate surface area is 192 Å². The summed E-state index contributed by atoms with van der Waals surface area (Å²) in [5.74, 6) is 0.0324. The zero-order valence-corrected chi connectivity index (χ0v) is 18.5. The van der Waals surface area contributed by atoms with E-state index in [0.717, 1.165) is 17.5 Å². The number of nitrogens with one attached hydrogen (secondary N) is 2. The van der Waals surface area contributed by atoms with Crippen LogP contribution in [-0.4, -0.2) is 34.6 Å². The van der Waals surface area contributed by atoms with Gasteiger partial charge >= 0.3 is 0 Å². The number of amides is 2. The molecule has 7 nitrogen and oxygen atoms in total. The van der Waals surface area contributed by atoms with Crippen molar-refractivity contribution >= 4 is 34.5 Å². The third kappa shape index (κ3) is 5.45. The lowest BCUT2D eigenvalue weighted by molar-refractivity contribution is 0.101. The number of rotatable bonds is 9. The number of aryl methyl sites for hydroxylation is 1. The zero-order valence-electron chi connectivity index (χ0n) is 18.5. The van der Waals surface area contributed by atoms with Gasteiger partial charge in [-0.2, -0.15) is 0 Å². The second-order valence-electron chi connectivity index (χ2n) is 7.48. The van der Waals surface area contributed by atoms with E-state index in [1.54, 1.807) is 36.4 Å². The Bertz CT molecular complexity index is 1230. The van der Waals surface area contributed by atoms with Crippen molar-refractivity contribution < 1.29 is 14.3 Å². The van der Waals surface area contributed by atoms with E-state index in [0.29, 0.717) is 42.5 Å². The molecule has 0 saturated heterocycles. The lowest BCUT2D eigenvalue weighted by atomic mass is 10.1. The topological polar surface area (TPSA) is 85.2 Å². The van der Waals surface area contributed by atoms with E-state index in [4.69, 9.17) is 4.74 Å². The SMILES string of the molecule is CCOCCCn1c(NC(=O)c2ccc(NC(=O)c3ccccc3)cc2)nc2ccccc21. The smallest absolute Gasteiger partial charge is 0.257 e. The summed E-state index contributed by atoms with van der Waals surface area (Å²) in [5, 5.41) is 5.76. The second kappa shape index (κ2) is 10.6. The van der Waals surface area contributed by atoms with Crippen molar-refractivity contribution in [1.82, 2.24) is 9.55 Å². The standard InChI is InChI=1S/C26H26N4O3/c1-2-33-18-8-17-30-23-12-7-6-11-22(23)28-26(30)29-25(32)20-13-15-21(16-14-20)27-24(31)19-9-4-3-5-10-19/h3-7,9-16H,2,8,17-18H2,1H3,(H,27,31)(H,28,29,32). The molecule has 7 heteroatoms. The van der Waals surface area contributed by atoms with E-state index >= 15 is 0 Å². The third-order valence-corrected chi connectivity index (χ3v) is 5.20. The molecule has 0 unspecified atom stereocenters. The first-order valence-corrected chi connectivity index (χ1v) is 11.0. The van der Waals surface area contributed by atoms with Crippen molar-refractivity contribution in [3.63, 3.8) is 0 Å². The lowest BCUT2D eigenvalue weighted by Gasteiger charge is -2.11. The number of fused-ring (bicyclic) bond motifs is 1. The molecule has 3 aromatic carbocycles. The first kappa shape index (κ1) is 22.2. The molecule has 33 heavy (non-hydrogen) atoms. The number of carbonyl (C=O) groups is 2. The Morgan fingerprint density at radius 2 is 1.52 bits per heavy atom. The number of anilines is 2. The van der Waals surface area contributed by atoms with Crippen molar-refractivity contribution in [2.45, 2.75) is 19.9 Å². The van der Waals surface area contributed by atoms with Gasteiger partial charge < -0.3 is 14.6 Å². The lowest BCUT2D eigenvalue weighted by Crippen LogP contribution is -2.17. The minimum absolute atomic E-state index is 0.200. The summed E-state index contributed by atoms with van der Waals surface area (Å²) in [5.41, 5.74) is 3.44. The van der Waals surface area contributed by atoms with Crippen LogP contribution in [0.15, 0.2) is 78.9 Å². The maximum absolute atomic E-state index is 12.9. The number of hydrogen-bond donors (Lipinski definition) is 2. The molecule has 0 radical (unpaired) electrons. The minimum atomic E-state index is -0.266. The first-order valence-electron chi connectivity index (χ1n) is 11.0. The highest BCUT2D eigenvalue weighted by Crippen LogP contribution is 2.21. The van der Waals surface area contributed by atoms with Crippen molar-refractivity contribution in [1.29, 1.82) is 0 Å². The normalized spacial score (nSPS) is 10.8. The van der Waals surface area contributed by atoms with Crippen LogP contribution >= 0.6 is 0 Å². The Hall–Kier alpha value is -3.97. The van der Waals surface area contributed by atoms with Gasteiger partial charge in [0.15, 0.2) is 0 Å². The molecule has 0 fully saturated rings. The zero-order chi connectivity index (χ0) is 23.0. The summed E-state index contributed by atoms with van der Waals surface area (Å²) in [6.07, 6.45) is 0.812. The molecule has 4 rings (SSSR count). The molecule has 168 valence electrons. The van der Waals surface area contributed by atoms with Gasteiger partial charge in [0.25, 0.3) is 11.8 Å². The van der Waals surface area contributed by atoms with Crippen LogP contribution in [0.1, 0.15) is 34.1 Å². The van der Waals surface area contributed by atoms with Crippen LogP contribution < -0.4 is 10.6 Å². The van der Waals surface area contributed by atoms with Gasteiger partial charge in [0.2, 0.25) is 5.95 Å². The van der Waals surface area contributed by atoms with Gasteiger partial charge in [-0.25, -0.2) is 4.98 Å². The summed E-state index contributed by atoms with van der Waals surface area (Å²) in [6.45, 7) is 3.97. The van der Waals surface area contributed by atoms with Crippen molar-refractivity contribution in [3.05, 3.63) is 90.0 Å². The summed E-state index contributed by atoms with van der Waals surface area (Å²) in [7, 11) is 0. The summed E-state index contributed by atoms with van der Waals surface area (Å²) in [4.78, 5) is 29.8. The van der Waals surface area contributed by atoms with Gasteiger partial charge in [-0.1, -0.05) is 30.3 Å². The fourth-order valence-electron chi connectivity index (χ4n) is 3.54. The Morgan fingerprint density at radius 1 is 0.848 bits per heavy atom. The van der Waals surface area contributed by atoms with Crippen LogP contribution in [0, 0.1) is 0 Å². The molecule has 0 aliphatic rings. The number of imidazole rings is 1. The number of benzene rings is 3. The van der Waals surface area contributed by atoms with E-state index in [2.05, 4.69) is 15.6 Å². The fourth-order valence-corrected chi connectivity index (χ4v) is 3.54. The molecule has 2 amide bonds. The highest BCUT2D eigenvalue weighted by molar-refractivity contribution is 6.06. The van der Waals surface area contributed by atoms with E-state index < -0.39 is 0 Å². The van der Waals surface area contributed by atoms with Gasteiger partial charge in [0.1, 0.15) is 0 Å². The first-order chi connectivity index (χ1) is 16.2. The second-order valence-corrected chi connectivity index (χ2v) is 7.48. The number of carbonyl (C=O) groups excluding carboxylic acids is 2. The molecular weight excluding hydrogens is 416 g/mol. The molecule has 4 aromatic rings. The summed E-state index contributed by atoms with van der Waals surface area (Å²) in [6, 6.07) is 23.5. The summed E-state index contributed by atoms with van der Waals surface area (Å²) >= 11 is 0. The Kier molecular flexibility index (Phi) is 7.12. The van der Waals surface area contributed by atoms with Crippen molar-refractivity contribution in [2.75, 3.05) is 23.8 Å². The van der Waals surface area contributed by atoms with Gasteiger partial charge in [0, 0.05) is 36.6 Å². The molecule has 1 heterocycles. The van der Waals surface area contributed by atoms with E-state index in [1.165, 1.54) is 0 Å². The molecule has 0 bridgehead atoms. The Morgan fingerprint density at radius 3 is 2.27 bits per heavy atom. The quantitative estimate of drug-likeness (QED) is 0.359. The highest BCUT2D eigenvalue weighted by Gasteiger charge is 2.14. The number of ether oxygens (including phenoxy) is 1. The van der Waals surface area contributed by atoms with Crippen LogP contribution in [0.25, 0.3) is 11.0 Å². The summed E-state index contributed by atoms with van der Waals surface area (Å²) < 4.78 is 7.45. The van der Waals surface area contributed by atoms with Crippen LogP contribution in [0.5, 0.6) is 0 Å². The fraction of sp³-hybridized carbons (Fsp3) is 0.192. The average Bonchev–Trinajstić information content (AvgIpc) is 3.19. The molecular formula is C26H26N4O3. The number of aromatic nitrogens is 2. The maximum Gasteiger partial charge on any atom is 0.257 e. The van der Waals surface area contributed by atoms with Crippen molar-refractivity contribution in [2.24, 2.45) is 0 Å². The number of para-hydroxylation sites is 2. The predicted molar refractivity (Wildman–Crippen MR) is 130 cm³/mol. The van der Waals surface area contributed by atoms with E-state index in [-0.39, 0.29) is 11.8 Å². The monoisotopic (exact) mass is 442 g/mol. The van der Waals surface area contributed by atoms with Gasteiger partial charge in [-0.05, 0) is 61.9 Å². The Balaban J connectivity index is 1.46. The molecule has 0 saturated carbocycles. The minimum Gasteiger partial charge on any atom is -0.382 e. The molecule has 1 aromatic heterocycles.